The van der Waals surface area contributed by atoms with Crippen LogP contribution in [0.25, 0.3) is 6.08 Å². The number of cyclic esters (lactones) is 1. The molecule has 0 atom stereocenters. The number of carbonyl (C=O) groups excluding carboxylic acids is 1. The van der Waals surface area contributed by atoms with Crippen molar-refractivity contribution in [2.45, 2.75) is 6.61 Å². The van der Waals surface area contributed by atoms with Crippen molar-refractivity contribution in [1.82, 2.24) is 0 Å². The molecule has 1 aliphatic heterocycles. The first-order valence-corrected chi connectivity index (χ1v) is 10.5. The van der Waals surface area contributed by atoms with Crippen molar-refractivity contribution >= 4 is 45.5 Å². The first kappa shape index (κ1) is 21.2. The summed E-state index contributed by atoms with van der Waals surface area (Å²) >= 11 is 9.69. The first-order chi connectivity index (χ1) is 15.0. The van der Waals surface area contributed by atoms with E-state index >= 15 is 0 Å². The van der Waals surface area contributed by atoms with Gasteiger partial charge in [0.05, 0.1) is 17.7 Å². The Morgan fingerprint density at radius 1 is 1.06 bits per heavy atom. The molecule has 0 amide bonds. The predicted molar refractivity (Wildman–Crippen MR) is 124 cm³/mol. The van der Waals surface area contributed by atoms with E-state index in [2.05, 4.69) is 20.9 Å². The van der Waals surface area contributed by atoms with Crippen molar-refractivity contribution in [1.29, 1.82) is 0 Å². The quantitative estimate of drug-likeness (QED) is 0.307. The molecule has 31 heavy (non-hydrogen) atoms. The fourth-order valence-electron chi connectivity index (χ4n) is 2.98. The maximum Gasteiger partial charge on any atom is 0.363 e. The van der Waals surface area contributed by atoms with E-state index in [1.165, 1.54) is 0 Å². The topological polar surface area (TPSA) is 57.1 Å². The summed E-state index contributed by atoms with van der Waals surface area (Å²) in [6.07, 6.45) is 1.63. The van der Waals surface area contributed by atoms with Gasteiger partial charge in [0.2, 0.25) is 5.90 Å². The zero-order chi connectivity index (χ0) is 21.8. The lowest BCUT2D eigenvalue weighted by Gasteiger charge is -2.12. The number of ether oxygens (including phenoxy) is 3. The Morgan fingerprint density at radius 2 is 1.84 bits per heavy atom. The number of hydrogen-bond donors (Lipinski definition) is 0. The Labute approximate surface area is 193 Å². The lowest BCUT2D eigenvalue weighted by molar-refractivity contribution is -0.129. The molecule has 0 aromatic heterocycles. The molecule has 0 saturated heterocycles. The second-order valence-electron chi connectivity index (χ2n) is 6.61. The highest BCUT2D eigenvalue weighted by molar-refractivity contribution is 9.10. The molecule has 3 aromatic carbocycles. The molecule has 3 aromatic rings. The number of aliphatic imine (C=N–C) groups is 1. The average Bonchev–Trinajstić information content (AvgIpc) is 3.13. The van der Waals surface area contributed by atoms with Crippen LogP contribution in [-0.2, 0) is 16.1 Å². The van der Waals surface area contributed by atoms with Gasteiger partial charge in [-0.15, -0.1) is 0 Å². The number of rotatable bonds is 6. The van der Waals surface area contributed by atoms with Crippen molar-refractivity contribution in [2.75, 3.05) is 7.11 Å². The van der Waals surface area contributed by atoms with Gasteiger partial charge in [-0.1, -0.05) is 63.9 Å². The fourth-order valence-corrected chi connectivity index (χ4v) is 3.60. The molecule has 0 aliphatic carbocycles. The maximum atomic E-state index is 12.3. The SMILES string of the molecule is COc1cc(/C=C2\N=C(c3ccccc3Cl)OC2=O)ccc1OCc1ccccc1Br. The molecule has 0 unspecified atom stereocenters. The van der Waals surface area contributed by atoms with Crippen LogP contribution in [-0.4, -0.2) is 19.0 Å². The van der Waals surface area contributed by atoms with Crippen LogP contribution in [0.2, 0.25) is 5.02 Å². The van der Waals surface area contributed by atoms with Gasteiger partial charge < -0.3 is 14.2 Å². The van der Waals surface area contributed by atoms with E-state index in [1.54, 1.807) is 49.6 Å². The molecular weight excluding hydrogens is 482 g/mol. The second kappa shape index (κ2) is 9.37. The third kappa shape index (κ3) is 4.81. The van der Waals surface area contributed by atoms with Crippen LogP contribution in [0.15, 0.2) is 81.9 Å². The summed E-state index contributed by atoms with van der Waals surface area (Å²) in [6.45, 7) is 0.385. The largest absolute Gasteiger partial charge is 0.493 e. The van der Waals surface area contributed by atoms with Crippen LogP contribution in [0.3, 0.4) is 0 Å². The van der Waals surface area contributed by atoms with E-state index in [-0.39, 0.29) is 11.6 Å². The minimum atomic E-state index is -0.539. The zero-order valence-corrected chi connectivity index (χ0v) is 18.8. The van der Waals surface area contributed by atoms with Gasteiger partial charge in [0.15, 0.2) is 17.2 Å². The van der Waals surface area contributed by atoms with Crippen molar-refractivity contribution in [3.05, 3.63) is 98.6 Å². The van der Waals surface area contributed by atoms with Gasteiger partial charge in [-0.2, -0.15) is 0 Å². The molecule has 7 heteroatoms. The maximum absolute atomic E-state index is 12.3. The molecule has 0 bridgehead atoms. The molecule has 156 valence electrons. The summed E-state index contributed by atoms with van der Waals surface area (Å²) < 4.78 is 17.7. The molecule has 0 radical (unpaired) electrons. The molecule has 0 N–H and O–H groups in total. The summed E-state index contributed by atoms with van der Waals surface area (Å²) in [6, 6.07) is 20.3. The molecular formula is C24H17BrClNO4. The van der Waals surface area contributed by atoms with Crippen LogP contribution in [0.5, 0.6) is 11.5 Å². The minimum Gasteiger partial charge on any atom is -0.493 e. The van der Waals surface area contributed by atoms with Crippen molar-refractivity contribution in [3.63, 3.8) is 0 Å². The van der Waals surface area contributed by atoms with Gasteiger partial charge in [-0.3, -0.25) is 0 Å². The van der Waals surface area contributed by atoms with Gasteiger partial charge in [-0.05, 0) is 42.0 Å². The Hall–Kier alpha value is -3.09. The molecule has 4 rings (SSSR count). The van der Waals surface area contributed by atoms with Crippen LogP contribution in [0, 0.1) is 0 Å². The summed E-state index contributed by atoms with van der Waals surface area (Å²) in [5, 5.41) is 0.462. The third-order valence-corrected chi connectivity index (χ3v) is 5.66. The Morgan fingerprint density at radius 3 is 2.61 bits per heavy atom. The monoisotopic (exact) mass is 497 g/mol. The van der Waals surface area contributed by atoms with Crippen LogP contribution in [0.1, 0.15) is 16.7 Å². The smallest absolute Gasteiger partial charge is 0.363 e. The van der Waals surface area contributed by atoms with Gasteiger partial charge in [0, 0.05) is 10.0 Å². The second-order valence-corrected chi connectivity index (χ2v) is 7.87. The number of methoxy groups -OCH3 is 1. The lowest BCUT2D eigenvalue weighted by atomic mass is 10.1. The lowest BCUT2D eigenvalue weighted by Crippen LogP contribution is -2.05. The summed E-state index contributed by atoms with van der Waals surface area (Å²) in [4.78, 5) is 16.6. The Bertz CT molecular complexity index is 1210. The summed E-state index contributed by atoms with van der Waals surface area (Å²) in [5.41, 5.74) is 2.49. The predicted octanol–water partition coefficient (Wildman–Crippen LogP) is 6.03. The normalized spacial score (nSPS) is 14.4. The molecule has 0 saturated carbocycles. The molecule has 1 aliphatic rings. The highest BCUT2D eigenvalue weighted by Gasteiger charge is 2.25. The van der Waals surface area contributed by atoms with E-state index in [4.69, 9.17) is 25.8 Å². The molecule has 5 nitrogen and oxygen atoms in total. The van der Waals surface area contributed by atoms with Crippen LogP contribution < -0.4 is 9.47 Å². The van der Waals surface area contributed by atoms with Crippen molar-refractivity contribution < 1.29 is 19.0 Å². The molecule has 0 fully saturated rings. The van der Waals surface area contributed by atoms with E-state index in [0.29, 0.717) is 28.7 Å². The van der Waals surface area contributed by atoms with Gasteiger partial charge in [0.1, 0.15) is 6.61 Å². The number of esters is 1. The third-order valence-electron chi connectivity index (χ3n) is 4.56. The fraction of sp³-hybridized carbons (Fsp3) is 0.0833. The summed E-state index contributed by atoms with van der Waals surface area (Å²) in [5.74, 6) is 0.781. The van der Waals surface area contributed by atoms with Gasteiger partial charge >= 0.3 is 5.97 Å². The highest BCUT2D eigenvalue weighted by Crippen LogP contribution is 2.31. The zero-order valence-electron chi connectivity index (χ0n) is 16.5. The molecule has 0 spiro atoms. The average molecular weight is 499 g/mol. The standard InChI is InChI=1S/C24H17BrClNO4/c1-29-22-13-15(10-11-21(22)30-14-16-6-2-4-8-18(16)25)12-20-24(28)31-23(27-20)17-7-3-5-9-19(17)26/h2-13H,14H2,1H3/b20-12-. The van der Waals surface area contributed by atoms with E-state index in [0.717, 1.165) is 15.6 Å². The van der Waals surface area contributed by atoms with E-state index in [9.17, 15) is 4.79 Å². The van der Waals surface area contributed by atoms with Crippen LogP contribution >= 0.6 is 27.5 Å². The first-order valence-electron chi connectivity index (χ1n) is 9.37. The number of carbonyl (C=O) groups is 1. The summed E-state index contributed by atoms with van der Waals surface area (Å²) in [7, 11) is 1.56. The highest BCUT2D eigenvalue weighted by atomic mass is 79.9. The van der Waals surface area contributed by atoms with Crippen LogP contribution in [0.4, 0.5) is 0 Å². The number of hydrogen-bond acceptors (Lipinski definition) is 5. The van der Waals surface area contributed by atoms with Crippen molar-refractivity contribution in [2.24, 2.45) is 4.99 Å². The number of nitrogens with zero attached hydrogens (tertiary/aromatic N) is 1. The van der Waals surface area contributed by atoms with Gasteiger partial charge in [-0.25, -0.2) is 9.79 Å². The van der Waals surface area contributed by atoms with Gasteiger partial charge in [0.25, 0.3) is 0 Å². The number of halogens is 2. The Balaban J connectivity index is 1.56. The van der Waals surface area contributed by atoms with E-state index < -0.39 is 5.97 Å². The Kier molecular flexibility index (Phi) is 6.39. The van der Waals surface area contributed by atoms with E-state index in [1.807, 2.05) is 30.3 Å². The number of benzene rings is 3. The minimum absolute atomic E-state index is 0.179. The molecule has 1 heterocycles. The van der Waals surface area contributed by atoms with Crippen molar-refractivity contribution in [3.8, 4) is 11.5 Å².